The standard InChI is InChI=1S/C12H20N4O2/c1-2-18-12(3-5-17-6-4-12)11(16-13)10-7-14-9-15-8-10/h7-9,11,16H,2-6,13H2,1H3. The van der Waals surface area contributed by atoms with Gasteiger partial charge in [0.2, 0.25) is 0 Å². The number of hydrogen-bond donors (Lipinski definition) is 2. The number of aromatic nitrogens is 2. The van der Waals surface area contributed by atoms with Crippen molar-refractivity contribution in [3.8, 4) is 0 Å². The predicted octanol–water partition coefficient (Wildman–Crippen LogP) is 0.567. The molecule has 6 heteroatoms. The van der Waals surface area contributed by atoms with E-state index in [1.54, 1.807) is 12.4 Å². The number of nitrogens with zero attached hydrogens (tertiary/aromatic N) is 2. The molecule has 1 aliphatic heterocycles. The minimum absolute atomic E-state index is 0.123. The molecule has 0 amide bonds. The molecule has 1 atom stereocenters. The molecule has 2 heterocycles. The van der Waals surface area contributed by atoms with Crippen molar-refractivity contribution in [3.05, 3.63) is 24.3 Å². The number of hydrogen-bond acceptors (Lipinski definition) is 6. The first-order valence-corrected chi connectivity index (χ1v) is 6.25. The molecule has 1 unspecified atom stereocenters. The molecule has 1 aromatic heterocycles. The van der Waals surface area contributed by atoms with Crippen LogP contribution in [0.4, 0.5) is 0 Å². The quantitative estimate of drug-likeness (QED) is 0.589. The molecule has 0 aromatic carbocycles. The molecule has 1 aliphatic rings. The third-order valence-corrected chi connectivity index (χ3v) is 3.38. The zero-order valence-corrected chi connectivity index (χ0v) is 10.6. The third-order valence-electron chi connectivity index (χ3n) is 3.38. The van der Waals surface area contributed by atoms with Gasteiger partial charge in [0.05, 0.1) is 11.6 Å². The average Bonchev–Trinajstić information content (AvgIpc) is 2.42. The van der Waals surface area contributed by atoms with Crippen molar-refractivity contribution >= 4 is 0 Å². The molecule has 3 N–H and O–H groups in total. The summed E-state index contributed by atoms with van der Waals surface area (Å²) in [5, 5.41) is 0. The van der Waals surface area contributed by atoms with Crippen molar-refractivity contribution in [1.29, 1.82) is 0 Å². The first-order valence-electron chi connectivity index (χ1n) is 6.25. The second-order valence-corrected chi connectivity index (χ2v) is 4.38. The Morgan fingerprint density at radius 3 is 2.67 bits per heavy atom. The van der Waals surface area contributed by atoms with Crippen molar-refractivity contribution in [2.45, 2.75) is 31.4 Å². The van der Waals surface area contributed by atoms with Gasteiger partial charge in [-0.3, -0.25) is 5.84 Å². The summed E-state index contributed by atoms with van der Waals surface area (Å²) < 4.78 is 11.4. The number of nitrogens with one attached hydrogen (secondary N) is 1. The van der Waals surface area contributed by atoms with E-state index in [9.17, 15) is 0 Å². The van der Waals surface area contributed by atoms with Gasteiger partial charge in [-0.15, -0.1) is 0 Å². The fourth-order valence-electron chi connectivity index (χ4n) is 2.53. The Bertz CT molecular complexity index is 349. The highest BCUT2D eigenvalue weighted by Gasteiger charge is 2.41. The molecule has 0 saturated carbocycles. The predicted molar refractivity (Wildman–Crippen MR) is 66.5 cm³/mol. The van der Waals surface area contributed by atoms with Gasteiger partial charge in [-0.25, -0.2) is 15.4 Å². The largest absolute Gasteiger partial charge is 0.381 e. The van der Waals surface area contributed by atoms with E-state index in [1.807, 2.05) is 6.92 Å². The van der Waals surface area contributed by atoms with E-state index in [-0.39, 0.29) is 11.6 Å². The van der Waals surface area contributed by atoms with Crippen LogP contribution in [-0.2, 0) is 9.47 Å². The summed E-state index contributed by atoms with van der Waals surface area (Å²) in [4.78, 5) is 8.09. The van der Waals surface area contributed by atoms with E-state index in [1.165, 1.54) is 6.33 Å². The normalized spacial score (nSPS) is 20.6. The molecule has 0 bridgehead atoms. The maximum absolute atomic E-state index is 6.00. The summed E-state index contributed by atoms with van der Waals surface area (Å²) >= 11 is 0. The van der Waals surface area contributed by atoms with Crippen LogP contribution in [0.5, 0.6) is 0 Å². The number of nitrogens with two attached hydrogens (primary N) is 1. The second-order valence-electron chi connectivity index (χ2n) is 4.38. The lowest BCUT2D eigenvalue weighted by molar-refractivity contribution is -0.128. The fraction of sp³-hybridized carbons (Fsp3) is 0.667. The van der Waals surface area contributed by atoms with E-state index in [0.717, 1.165) is 18.4 Å². The number of rotatable bonds is 5. The zero-order chi connectivity index (χ0) is 12.8. The van der Waals surface area contributed by atoms with Crippen LogP contribution in [-0.4, -0.2) is 35.4 Å². The Morgan fingerprint density at radius 1 is 1.44 bits per heavy atom. The topological polar surface area (TPSA) is 82.3 Å². The second kappa shape index (κ2) is 6.19. The van der Waals surface area contributed by atoms with E-state index in [4.69, 9.17) is 15.3 Å². The Hall–Kier alpha value is -1.08. The molecule has 1 aromatic rings. The monoisotopic (exact) mass is 252 g/mol. The van der Waals surface area contributed by atoms with Gasteiger partial charge in [0.15, 0.2) is 0 Å². The number of ether oxygens (including phenoxy) is 2. The highest BCUT2D eigenvalue weighted by molar-refractivity contribution is 5.15. The van der Waals surface area contributed by atoms with Crippen LogP contribution in [0.3, 0.4) is 0 Å². The highest BCUT2D eigenvalue weighted by Crippen LogP contribution is 2.36. The lowest BCUT2D eigenvalue weighted by Gasteiger charge is -2.42. The van der Waals surface area contributed by atoms with Gasteiger partial charge in [0.25, 0.3) is 0 Å². The molecule has 18 heavy (non-hydrogen) atoms. The molecule has 100 valence electrons. The van der Waals surface area contributed by atoms with Crippen LogP contribution in [0.1, 0.15) is 31.4 Å². The van der Waals surface area contributed by atoms with Crippen molar-refractivity contribution in [1.82, 2.24) is 15.4 Å². The molecule has 0 radical (unpaired) electrons. The Kier molecular flexibility index (Phi) is 4.60. The Morgan fingerprint density at radius 2 is 2.11 bits per heavy atom. The maximum atomic E-state index is 6.00. The summed E-state index contributed by atoms with van der Waals surface area (Å²) in [6.07, 6.45) is 6.67. The van der Waals surface area contributed by atoms with Crippen LogP contribution < -0.4 is 11.3 Å². The van der Waals surface area contributed by atoms with Crippen LogP contribution in [0, 0.1) is 0 Å². The molecule has 1 saturated heterocycles. The van der Waals surface area contributed by atoms with E-state index in [0.29, 0.717) is 19.8 Å². The van der Waals surface area contributed by atoms with Crippen molar-refractivity contribution < 1.29 is 9.47 Å². The fourth-order valence-corrected chi connectivity index (χ4v) is 2.53. The molecule has 0 aliphatic carbocycles. The van der Waals surface area contributed by atoms with Crippen LogP contribution in [0.15, 0.2) is 18.7 Å². The van der Waals surface area contributed by atoms with Gasteiger partial charge < -0.3 is 9.47 Å². The molecule has 2 rings (SSSR count). The van der Waals surface area contributed by atoms with Crippen molar-refractivity contribution in [2.75, 3.05) is 19.8 Å². The van der Waals surface area contributed by atoms with Gasteiger partial charge in [-0.05, 0) is 6.92 Å². The van der Waals surface area contributed by atoms with Gasteiger partial charge >= 0.3 is 0 Å². The lowest BCUT2D eigenvalue weighted by Crippen LogP contribution is -2.51. The first kappa shape index (κ1) is 13.4. The van der Waals surface area contributed by atoms with E-state index in [2.05, 4.69) is 15.4 Å². The highest BCUT2D eigenvalue weighted by atomic mass is 16.5. The van der Waals surface area contributed by atoms with Crippen LogP contribution in [0.25, 0.3) is 0 Å². The summed E-state index contributed by atoms with van der Waals surface area (Å²) in [5.41, 5.74) is 3.45. The third kappa shape index (κ3) is 2.67. The molecular formula is C12H20N4O2. The molecule has 6 nitrogen and oxygen atoms in total. The Labute approximate surface area is 107 Å². The van der Waals surface area contributed by atoms with Gasteiger partial charge in [-0.1, -0.05) is 0 Å². The lowest BCUT2D eigenvalue weighted by atomic mass is 9.83. The first-order chi connectivity index (χ1) is 8.82. The van der Waals surface area contributed by atoms with Crippen LogP contribution >= 0.6 is 0 Å². The minimum Gasteiger partial charge on any atom is -0.381 e. The summed E-state index contributed by atoms with van der Waals surface area (Å²) in [6.45, 7) is 4.01. The van der Waals surface area contributed by atoms with Crippen molar-refractivity contribution in [2.24, 2.45) is 5.84 Å². The van der Waals surface area contributed by atoms with E-state index >= 15 is 0 Å². The molecule has 1 fully saturated rings. The molecular weight excluding hydrogens is 232 g/mol. The SMILES string of the molecule is CCOC1(C(NN)c2cncnc2)CCOCC1. The van der Waals surface area contributed by atoms with Gasteiger partial charge in [-0.2, -0.15) is 0 Å². The smallest absolute Gasteiger partial charge is 0.115 e. The zero-order valence-electron chi connectivity index (χ0n) is 10.6. The maximum Gasteiger partial charge on any atom is 0.115 e. The van der Waals surface area contributed by atoms with Gasteiger partial charge in [0.1, 0.15) is 6.33 Å². The summed E-state index contributed by atoms with van der Waals surface area (Å²) in [7, 11) is 0. The number of hydrazine groups is 1. The average molecular weight is 252 g/mol. The molecule has 0 spiro atoms. The van der Waals surface area contributed by atoms with Crippen LogP contribution in [0.2, 0.25) is 0 Å². The van der Waals surface area contributed by atoms with Crippen molar-refractivity contribution in [3.63, 3.8) is 0 Å². The minimum atomic E-state index is -0.341. The summed E-state index contributed by atoms with van der Waals surface area (Å²) in [5.74, 6) is 5.72. The summed E-state index contributed by atoms with van der Waals surface area (Å²) in [6, 6.07) is -0.123. The van der Waals surface area contributed by atoms with Gasteiger partial charge in [0, 0.05) is 50.6 Å². The van der Waals surface area contributed by atoms with E-state index < -0.39 is 0 Å². The Balaban J connectivity index is 2.27.